The first-order valence-corrected chi connectivity index (χ1v) is 5.39. The minimum absolute atomic E-state index is 0.127. The number of methoxy groups -OCH3 is 1. The molecule has 1 aliphatic carbocycles. The Morgan fingerprint density at radius 1 is 1.60 bits per heavy atom. The molecule has 0 amide bonds. The average Bonchev–Trinajstić information content (AvgIpc) is 2.62. The minimum Gasteiger partial charge on any atom is -0.487 e. The first kappa shape index (κ1) is 10.3. The van der Waals surface area contributed by atoms with Gasteiger partial charge in [-0.2, -0.15) is 0 Å². The highest BCUT2D eigenvalue weighted by Crippen LogP contribution is 2.40. The number of carbonyl (C=O) groups excluding carboxylic acids is 1. The molecular weight excluding hydrogens is 192 g/mol. The van der Waals surface area contributed by atoms with Crippen LogP contribution < -0.4 is 0 Å². The highest BCUT2D eigenvalue weighted by atomic mass is 16.5. The van der Waals surface area contributed by atoms with E-state index < -0.39 is 0 Å². The molecule has 3 heteroatoms. The average molecular weight is 208 g/mol. The van der Waals surface area contributed by atoms with Crippen LogP contribution in [-0.4, -0.2) is 18.7 Å². The van der Waals surface area contributed by atoms with E-state index in [9.17, 15) is 4.79 Å². The van der Waals surface area contributed by atoms with E-state index in [4.69, 9.17) is 4.74 Å². The van der Waals surface area contributed by atoms with Crippen LogP contribution in [0, 0.1) is 0 Å². The van der Waals surface area contributed by atoms with E-state index in [1.165, 1.54) is 19.6 Å². The summed E-state index contributed by atoms with van der Waals surface area (Å²) in [6.07, 6.45) is 11.0. The van der Waals surface area contributed by atoms with Gasteiger partial charge in [0.15, 0.2) is 0 Å². The summed E-state index contributed by atoms with van der Waals surface area (Å²) in [4.78, 5) is 11.0. The Bertz CT molecular complexity index is 317. The Morgan fingerprint density at radius 3 is 3.13 bits per heavy atom. The molecule has 82 valence electrons. The number of hydrogen-bond donors (Lipinski definition) is 0. The maximum atomic E-state index is 11.0. The Hall–Kier alpha value is -1.25. The van der Waals surface area contributed by atoms with Gasteiger partial charge in [-0.05, 0) is 31.8 Å². The molecule has 0 saturated carbocycles. The molecule has 0 aromatic carbocycles. The van der Waals surface area contributed by atoms with Crippen molar-refractivity contribution in [2.45, 2.75) is 37.7 Å². The smallest absolute Gasteiger partial charge is 0.333 e. The van der Waals surface area contributed by atoms with Gasteiger partial charge >= 0.3 is 5.97 Å². The number of hydrogen-bond acceptors (Lipinski definition) is 3. The molecule has 0 bridgehead atoms. The second-order valence-corrected chi connectivity index (χ2v) is 4.10. The van der Waals surface area contributed by atoms with E-state index in [2.05, 4.69) is 16.9 Å². The van der Waals surface area contributed by atoms with Crippen LogP contribution in [0.2, 0.25) is 0 Å². The number of rotatable bonds is 1. The van der Waals surface area contributed by atoms with Gasteiger partial charge in [0.2, 0.25) is 0 Å². The summed E-state index contributed by atoms with van der Waals surface area (Å²) >= 11 is 0. The first-order valence-electron chi connectivity index (χ1n) is 5.39. The largest absolute Gasteiger partial charge is 0.487 e. The normalized spacial score (nSPS) is 31.9. The van der Waals surface area contributed by atoms with Gasteiger partial charge in [0.05, 0.1) is 13.2 Å². The van der Waals surface area contributed by atoms with Crippen molar-refractivity contribution < 1.29 is 14.3 Å². The van der Waals surface area contributed by atoms with Crippen molar-refractivity contribution in [1.82, 2.24) is 0 Å². The number of ether oxygens (including phenoxy) is 2. The van der Waals surface area contributed by atoms with Crippen molar-refractivity contribution in [2.75, 3.05) is 7.11 Å². The van der Waals surface area contributed by atoms with Crippen LogP contribution in [0.1, 0.15) is 32.1 Å². The summed E-state index contributed by atoms with van der Waals surface area (Å²) in [6, 6.07) is 0. The van der Waals surface area contributed by atoms with E-state index in [-0.39, 0.29) is 11.6 Å². The van der Waals surface area contributed by atoms with Crippen LogP contribution in [0.25, 0.3) is 0 Å². The van der Waals surface area contributed by atoms with Crippen molar-refractivity contribution in [1.29, 1.82) is 0 Å². The van der Waals surface area contributed by atoms with Crippen molar-refractivity contribution in [3.8, 4) is 0 Å². The third kappa shape index (κ3) is 2.22. The van der Waals surface area contributed by atoms with Crippen molar-refractivity contribution in [2.24, 2.45) is 0 Å². The molecule has 0 radical (unpaired) electrons. The summed E-state index contributed by atoms with van der Waals surface area (Å²) in [7, 11) is 1.38. The van der Waals surface area contributed by atoms with Crippen LogP contribution >= 0.6 is 0 Å². The second-order valence-electron chi connectivity index (χ2n) is 4.10. The van der Waals surface area contributed by atoms with Crippen molar-refractivity contribution in [3.05, 3.63) is 24.0 Å². The molecule has 15 heavy (non-hydrogen) atoms. The molecule has 1 atom stereocenters. The number of allylic oxidation sites excluding steroid dienone is 2. The third-order valence-corrected chi connectivity index (χ3v) is 3.00. The third-order valence-electron chi connectivity index (χ3n) is 3.00. The highest BCUT2D eigenvalue weighted by Gasteiger charge is 2.36. The van der Waals surface area contributed by atoms with Crippen LogP contribution in [0.3, 0.4) is 0 Å². The second kappa shape index (κ2) is 4.09. The lowest BCUT2D eigenvalue weighted by Crippen LogP contribution is -2.26. The Kier molecular flexibility index (Phi) is 2.80. The zero-order chi connectivity index (χ0) is 10.7. The lowest BCUT2D eigenvalue weighted by atomic mass is 9.89. The van der Waals surface area contributed by atoms with E-state index >= 15 is 0 Å². The summed E-state index contributed by atoms with van der Waals surface area (Å²) in [5, 5.41) is 0. The van der Waals surface area contributed by atoms with Crippen LogP contribution in [0.4, 0.5) is 0 Å². The molecule has 1 heterocycles. The predicted octanol–water partition coefficient (Wildman–Crippen LogP) is 2.33. The molecule has 0 N–H and O–H groups in total. The fourth-order valence-corrected chi connectivity index (χ4v) is 2.18. The fourth-order valence-electron chi connectivity index (χ4n) is 2.18. The van der Waals surface area contributed by atoms with Crippen molar-refractivity contribution in [3.63, 3.8) is 0 Å². The zero-order valence-corrected chi connectivity index (χ0v) is 8.99. The summed E-state index contributed by atoms with van der Waals surface area (Å²) in [6.45, 7) is 0. The molecule has 0 aromatic rings. The number of esters is 1. The molecule has 1 unspecified atom stereocenters. The molecule has 0 aromatic heterocycles. The SMILES string of the molecule is COC(=O)/C=C1\CCC2(C=CCCC2)O1. The Balaban J connectivity index is 2.05. The van der Waals surface area contributed by atoms with Crippen LogP contribution in [0.15, 0.2) is 24.0 Å². The topological polar surface area (TPSA) is 35.5 Å². The molecular formula is C12H16O3. The molecule has 2 rings (SSSR count). The van der Waals surface area contributed by atoms with Crippen LogP contribution in [-0.2, 0) is 14.3 Å². The Morgan fingerprint density at radius 2 is 2.47 bits per heavy atom. The maximum absolute atomic E-state index is 11.0. The summed E-state index contributed by atoms with van der Waals surface area (Å²) < 4.78 is 10.4. The van der Waals surface area contributed by atoms with Gasteiger partial charge in [-0.3, -0.25) is 0 Å². The first-order chi connectivity index (χ1) is 7.24. The summed E-state index contributed by atoms with van der Waals surface area (Å²) in [5.41, 5.74) is -0.127. The van der Waals surface area contributed by atoms with E-state index in [1.54, 1.807) is 0 Å². The van der Waals surface area contributed by atoms with Gasteiger partial charge in [0.25, 0.3) is 0 Å². The molecule has 1 fully saturated rings. The van der Waals surface area contributed by atoms with Gasteiger partial charge in [-0.1, -0.05) is 6.08 Å². The molecule has 1 spiro atoms. The predicted molar refractivity (Wildman–Crippen MR) is 56.1 cm³/mol. The molecule has 3 nitrogen and oxygen atoms in total. The molecule has 2 aliphatic rings. The van der Waals surface area contributed by atoms with Gasteiger partial charge in [0.1, 0.15) is 11.4 Å². The maximum Gasteiger partial charge on any atom is 0.333 e. The standard InChI is InChI=1S/C12H16O3/c1-14-11(13)9-10-5-8-12(15-10)6-3-2-4-7-12/h3,6,9H,2,4-5,7-8H2,1H3/b10-9+. The van der Waals surface area contributed by atoms with E-state index in [0.717, 1.165) is 31.4 Å². The molecule has 1 aliphatic heterocycles. The monoisotopic (exact) mass is 208 g/mol. The van der Waals surface area contributed by atoms with E-state index in [1.807, 2.05) is 0 Å². The van der Waals surface area contributed by atoms with Crippen LogP contribution in [0.5, 0.6) is 0 Å². The van der Waals surface area contributed by atoms with E-state index in [0.29, 0.717) is 0 Å². The minimum atomic E-state index is -0.332. The highest BCUT2D eigenvalue weighted by molar-refractivity contribution is 5.82. The van der Waals surface area contributed by atoms with Crippen molar-refractivity contribution >= 4 is 5.97 Å². The van der Waals surface area contributed by atoms with Gasteiger partial charge < -0.3 is 9.47 Å². The lowest BCUT2D eigenvalue weighted by Gasteiger charge is -2.27. The zero-order valence-electron chi connectivity index (χ0n) is 8.99. The number of carbonyl (C=O) groups is 1. The molecule has 1 saturated heterocycles. The van der Waals surface area contributed by atoms with Gasteiger partial charge in [-0.15, -0.1) is 0 Å². The fraction of sp³-hybridized carbons (Fsp3) is 0.583. The quantitative estimate of drug-likeness (QED) is 0.377. The summed E-state index contributed by atoms with van der Waals surface area (Å²) in [5.74, 6) is 0.426. The van der Waals surface area contributed by atoms with Gasteiger partial charge in [-0.25, -0.2) is 4.79 Å². The lowest BCUT2D eigenvalue weighted by molar-refractivity contribution is -0.135. The Labute approximate surface area is 89.8 Å². The van der Waals surface area contributed by atoms with Gasteiger partial charge in [0, 0.05) is 6.42 Å².